The van der Waals surface area contributed by atoms with Gasteiger partial charge in [-0.2, -0.15) is 13.5 Å². The second-order valence-electron chi connectivity index (χ2n) is 4.16. The molecule has 1 aliphatic rings. The number of hydrogen-bond donors (Lipinski definition) is 2. The molecule has 0 radical (unpaired) electrons. The number of nitrogens with zero attached hydrogens (tertiary/aromatic N) is 2. The van der Waals surface area contributed by atoms with Crippen molar-refractivity contribution < 1.29 is 14.3 Å². The van der Waals surface area contributed by atoms with Crippen LogP contribution in [0.1, 0.15) is 30.0 Å². The van der Waals surface area contributed by atoms with E-state index >= 15 is 0 Å². The van der Waals surface area contributed by atoms with Crippen LogP contribution in [0, 0.1) is 6.92 Å². The molecule has 2 rings (SSSR count). The van der Waals surface area contributed by atoms with Crippen LogP contribution in [-0.2, 0) is 4.74 Å². The third-order valence-electron chi connectivity index (χ3n) is 2.78. The summed E-state index contributed by atoms with van der Waals surface area (Å²) in [7, 11) is 0. The highest BCUT2D eigenvalue weighted by Crippen LogP contribution is 2.19. The molecule has 1 aromatic rings. The lowest BCUT2D eigenvalue weighted by Gasteiger charge is -2.15. The fourth-order valence-electron chi connectivity index (χ4n) is 1.87. The Morgan fingerprint density at radius 1 is 1.58 bits per heavy atom. The average Bonchev–Trinajstić information content (AvgIpc) is 2.83. The number of carbonyl (C=O) groups is 2. The first-order chi connectivity index (χ1) is 8.54. The zero-order valence-electron chi connectivity index (χ0n) is 11.1. The summed E-state index contributed by atoms with van der Waals surface area (Å²) < 4.78 is 4.90. The molecule has 19 heavy (non-hydrogen) atoms. The van der Waals surface area contributed by atoms with Crippen molar-refractivity contribution >= 4 is 31.4 Å². The first-order valence-electron chi connectivity index (χ1n) is 5.85. The van der Waals surface area contributed by atoms with Crippen molar-refractivity contribution in [2.45, 2.75) is 26.8 Å². The number of esters is 1. The van der Waals surface area contributed by atoms with Crippen LogP contribution in [0.15, 0.2) is 0 Å². The molecule has 2 N–H and O–H groups in total. The molecular formula is C11H18N4O3S. The van der Waals surface area contributed by atoms with Crippen molar-refractivity contribution in [1.82, 2.24) is 15.3 Å². The minimum absolute atomic E-state index is 0. The van der Waals surface area contributed by atoms with Gasteiger partial charge in [0.05, 0.1) is 12.6 Å². The number of nitrogens with one attached hydrogen (secondary N) is 2. The molecule has 7 nitrogen and oxygen atoms in total. The number of carbonyl (C=O) groups excluding carboxylic acids is 2. The lowest BCUT2D eigenvalue weighted by Crippen LogP contribution is -2.33. The van der Waals surface area contributed by atoms with Crippen molar-refractivity contribution in [3.05, 3.63) is 11.4 Å². The molecule has 1 fully saturated rings. The minimum atomic E-state index is -0.482. The standard InChI is InChI=1S/C11H16N4O3.H2S/c1-4-18-9(16)8-7(3)13-10(14-8)15-6(2)5-12-11(15)17;/h6H,4-5H2,1-3H3,(H,12,17)(H,13,14);1H2/t6-;/m0./s1. The summed E-state index contributed by atoms with van der Waals surface area (Å²) in [5.74, 6) is -0.109. The molecule has 1 atom stereocenters. The van der Waals surface area contributed by atoms with E-state index in [1.165, 1.54) is 4.90 Å². The molecule has 0 saturated carbocycles. The van der Waals surface area contributed by atoms with E-state index in [0.717, 1.165) is 0 Å². The molecule has 2 heterocycles. The number of aromatic amines is 1. The van der Waals surface area contributed by atoms with Gasteiger partial charge in [-0.15, -0.1) is 0 Å². The number of imidazole rings is 1. The summed E-state index contributed by atoms with van der Waals surface area (Å²) in [6.45, 7) is 6.21. The van der Waals surface area contributed by atoms with E-state index in [0.29, 0.717) is 24.8 Å². The summed E-state index contributed by atoms with van der Waals surface area (Å²) >= 11 is 0. The number of amides is 2. The van der Waals surface area contributed by atoms with Gasteiger partial charge >= 0.3 is 12.0 Å². The van der Waals surface area contributed by atoms with Crippen LogP contribution in [0.5, 0.6) is 0 Å². The fraction of sp³-hybridized carbons (Fsp3) is 0.545. The molecule has 0 spiro atoms. The highest BCUT2D eigenvalue weighted by molar-refractivity contribution is 7.59. The van der Waals surface area contributed by atoms with Gasteiger partial charge in [-0.1, -0.05) is 0 Å². The molecule has 1 aromatic heterocycles. The highest BCUT2D eigenvalue weighted by Gasteiger charge is 2.32. The number of urea groups is 1. The van der Waals surface area contributed by atoms with Crippen molar-refractivity contribution in [3.63, 3.8) is 0 Å². The topological polar surface area (TPSA) is 87.3 Å². The Bertz CT molecular complexity index is 488. The molecule has 0 unspecified atom stereocenters. The van der Waals surface area contributed by atoms with E-state index in [4.69, 9.17) is 4.74 Å². The average molecular weight is 286 g/mol. The Hall–Kier alpha value is -1.70. The monoisotopic (exact) mass is 286 g/mol. The number of anilines is 1. The molecule has 8 heteroatoms. The Kier molecular flexibility index (Phi) is 4.82. The maximum atomic E-state index is 11.6. The van der Waals surface area contributed by atoms with Gasteiger partial charge < -0.3 is 15.0 Å². The highest BCUT2D eigenvalue weighted by atomic mass is 32.1. The second-order valence-corrected chi connectivity index (χ2v) is 4.16. The number of ether oxygens (including phenoxy) is 1. The van der Waals surface area contributed by atoms with E-state index < -0.39 is 5.97 Å². The van der Waals surface area contributed by atoms with Crippen molar-refractivity contribution in [3.8, 4) is 0 Å². The van der Waals surface area contributed by atoms with E-state index in [-0.39, 0.29) is 31.3 Å². The largest absolute Gasteiger partial charge is 0.461 e. The smallest absolute Gasteiger partial charge is 0.358 e. The lowest BCUT2D eigenvalue weighted by atomic mass is 10.3. The van der Waals surface area contributed by atoms with E-state index in [1.54, 1.807) is 13.8 Å². The van der Waals surface area contributed by atoms with Crippen LogP contribution >= 0.6 is 13.5 Å². The van der Waals surface area contributed by atoms with Gasteiger partial charge in [-0.05, 0) is 20.8 Å². The van der Waals surface area contributed by atoms with Crippen molar-refractivity contribution in [2.75, 3.05) is 18.1 Å². The van der Waals surface area contributed by atoms with Gasteiger partial charge in [0.15, 0.2) is 5.69 Å². The molecule has 106 valence electrons. The summed E-state index contributed by atoms with van der Waals surface area (Å²) in [6.07, 6.45) is 0. The van der Waals surface area contributed by atoms with Crippen LogP contribution in [0.3, 0.4) is 0 Å². The second kappa shape index (κ2) is 5.96. The third-order valence-corrected chi connectivity index (χ3v) is 2.78. The first kappa shape index (κ1) is 15.4. The maximum absolute atomic E-state index is 11.6. The Morgan fingerprint density at radius 3 is 2.79 bits per heavy atom. The summed E-state index contributed by atoms with van der Waals surface area (Å²) in [4.78, 5) is 31.9. The van der Waals surface area contributed by atoms with Crippen molar-refractivity contribution in [2.24, 2.45) is 0 Å². The quantitative estimate of drug-likeness (QED) is 0.809. The van der Waals surface area contributed by atoms with Gasteiger partial charge in [0.25, 0.3) is 0 Å². The lowest BCUT2D eigenvalue weighted by molar-refractivity contribution is 0.0519. The van der Waals surface area contributed by atoms with Crippen LogP contribution in [0.25, 0.3) is 0 Å². The number of aryl methyl sites for hydroxylation is 1. The Labute approximate surface area is 118 Å². The van der Waals surface area contributed by atoms with Gasteiger partial charge in [0, 0.05) is 12.2 Å². The molecule has 0 aromatic carbocycles. The van der Waals surface area contributed by atoms with E-state index in [1.807, 2.05) is 6.92 Å². The summed E-state index contributed by atoms with van der Waals surface area (Å²) in [5.41, 5.74) is 0.814. The Morgan fingerprint density at radius 2 is 2.26 bits per heavy atom. The molecule has 0 aliphatic carbocycles. The van der Waals surface area contributed by atoms with Crippen LogP contribution in [-0.4, -0.2) is 41.2 Å². The van der Waals surface area contributed by atoms with Gasteiger partial charge in [0.2, 0.25) is 5.95 Å². The van der Waals surface area contributed by atoms with Crippen LogP contribution in [0.2, 0.25) is 0 Å². The zero-order chi connectivity index (χ0) is 13.3. The summed E-state index contributed by atoms with van der Waals surface area (Å²) in [5, 5.41) is 2.71. The molecule has 1 saturated heterocycles. The third kappa shape index (κ3) is 2.83. The number of H-pyrrole nitrogens is 1. The molecule has 1 aliphatic heterocycles. The number of hydrogen-bond acceptors (Lipinski definition) is 4. The minimum Gasteiger partial charge on any atom is -0.461 e. The van der Waals surface area contributed by atoms with Gasteiger partial charge in [-0.3, -0.25) is 4.90 Å². The van der Waals surface area contributed by atoms with E-state index in [2.05, 4.69) is 15.3 Å². The SMILES string of the molecule is CCOC(=O)c1nc(N2C(=O)NC[C@@H]2C)[nH]c1C.S. The number of aromatic nitrogens is 2. The Balaban J connectivity index is 0.00000180. The fourth-order valence-corrected chi connectivity index (χ4v) is 1.87. The van der Waals surface area contributed by atoms with Crippen molar-refractivity contribution in [1.29, 1.82) is 0 Å². The predicted octanol–water partition coefficient (Wildman–Crippen LogP) is 0.926. The maximum Gasteiger partial charge on any atom is 0.358 e. The first-order valence-corrected chi connectivity index (χ1v) is 5.85. The van der Waals surface area contributed by atoms with Crippen LogP contribution in [0.4, 0.5) is 10.7 Å². The molecular weight excluding hydrogens is 268 g/mol. The number of rotatable bonds is 3. The predicted molar refractivity (Wildman–Crippen MR) is 75.0 cm³/mol. The normalized spacial score (nSPS) is 17.9. The summed E-state index contributed by atoms with van der Waals surface area (Å²) in [6, 6.07) is -0.218. The van der Waals surface area contributed by atoms with Crippen LogP contribution < -0.4 is 10.2 Å². The van der Waals surface area contributed by atoms with E-state index in [9.17, 15) is 9.59 Å². The molecule has 2 amide bonds. The van der Waals surface area contributed by atoms with Gasteiger partial charge in [0.1, 0.15) is 0 Å². The molecule has 0 bridgehead atoms. The van der Waals surface area contributed by atoms with Gasteiger partial charge in [-0.25, -0.2) is 14.6 Å². The zero-order valence-corrected chi connectivity index (χ0v) is 12.1.